The molecule has 0 radical (unpaired) electrons. The predicted octanol–water partition coefficient (Wildman–Crippen LogP) is 3.43. The summed E-state index contributed by atoms with van der Waals surface area (Å²) in [5.74, 6) is 0. The Labute approximate surface area is 127 Å². The first-order chi connectivity index (χ1) is 9.29. The number of fused-ring (bicyclic) bond motifs is 2. The molecule has 0 aliphatic carbocycles. The molecule has 4 nitrogen and oxygen atoms in total. The second-order valence-corrected chi connectivity index (χ2v) is 7.34. The maximum atomic E-state index is 12.0. The lowest BCUT2D eigenvalue weighted by Crippen LogP contribution is -2.61. The molecule has 5 heteroatoms. The van der Waals surface area contributed by atoms with Crippen molar-refractivity contribution in [3.63, 3.8) is 0 Å². The molecular weight excluding hydrogens is 322 g/mol. The summed E-state index contributed by atoms with van der Waals surface area (Å²) in [4.78, 5) is 13.7. The molecule has 2 aliphatic rings. The van der Waals surface area contributed by atoms with E-state index in [9.17, 15) is 4.79 Å². The van der Waals surface area contributed by atoms with E-state index in [0.717, 1.165) is 4.47 Å². The molecule has 1 aromatic rings. The number of benzene rings is 1. The van der Waals surface area contributed by atoms with Crippen LogP contribution in [0.4, 0.5) is 4.79 Å². The summed E-state index contributed by atoms with van der Waals surface area (Å²) < 4.78 is 12.4. The Morgan fingerprint density at radius 3 is 2.75 bits per heavy atom. The van der Waals surface area contributed by atoms with Crippen LogP contribution in [0.5, 0.6) is 0 Å². The van der Waals surface area contributed by atoms with E-state index in [4.69, 9.17) is 9.47 Å². The van der Waals surface area contributed by atoms with Crippen molar-refractivity contribution in [2.45, 2.75) is 38.6 Å². The van der Waals surface area contributed by atoms with Gasteiger partial charge in [-0.25, -0.2) is 4.79 Å². The van der Waals surface area contributed by atoms with Gasteiger partial charge in [-0.3, -0.25) is 0 Å². The van der Waals surface area contributed by atoms with Crippen LogP contribution in [-0.4, -0.2) is 29.7 Å². The van der Waals surface area contributed by atoms with Crippen molar-refractivity contribution >= 4 is 22.0 Å². The van der Waals surface area contributed by atoms with E-state index in [1.807, 2.05) is 26.8 Å². The monoisotopic (exact) mass is 339 g/mol. The zero-order chi connectivity index (χ0) is 14.5. The van der Waals surface area contributed by atoms with Crippen molar-refractivity contribution in [2.75, 3.05) is 13.1 Å². The number of nitrogens with zero attached hydrogens (tertiary/aromatic N) is 1. The largest absolute Gasteiger partial charge is 0.444 e. The number of carbonyl (C=O) groups excluding carboxylic acids is 1. The molecule has 1 fully saturated rings. The quantitative estimate of drug-likeness (QED) is 0.726. The molecule has 0 bridgehead atoms. The predicted molar refractivity (Wildman–Crippen MR) is 78.4 cm³/mol. The molecular formula is C15H18BrNO3. The first-order valence-electron chi connectivity index (χ1n) is 6.70. The van der Waals surface area contributed by atoms with E-state index in [-0.39, 0.29) is 11.7 Å². The smallest absolute Gasteiger partial charge is 0.410 e. The van der Waals surface area contributed by atoms with Gasteiger partial charge in [0.15, 0.2) is 0 Å². The van der Waals surface area contributed by atoms with Crippen LogP contribution in [0, 0.1) is 0 Å². The second kappa shape index (κ2) is 4.46. The highest BCUT2D eigenvalue weighted by Crippen LogP contribution is 2.44. The summed E-state index contributed by atoms with van der Waals surface area (Å²) in [6.07, 6.45) is -0.266. The number of rotatable bonds is 0. The third-order valence-corrected chi connectivity index (χ3v) is 4.10. The van der Waals surface area contributed by atoms with Gasteiger partial charge in [0.2, 0.25) is 0 Å². The standard InChI is InChI=1S/C15H18BrNO3/c1-14(2,3)20-13(18)17-8-15(9-17)12-5-4-11(16)6-10(12)7-19-15/h4-6H,7-9H2,1-3H3. The summed E-state index contributed by atoms with van der Waals surface area (Å²) in [5.41, 5.74) is 1.61. The van der Waals surface area contributed by atoms with Gasteiger partial charge in [0.05, 0.1) is 19.7 Å². The number of carbonyl (C=O) groups is 1. The number of ether oxygens (including phenoxy) is 2. The average Bonchev–Trinajstić information content (AvgIpc) is 2.62. The Balaban J connectivity index is 1.71. The van der Waals surface area contributed by atoms with Gasteiger partial charge in [-0.05, 0) is 44.0 Å². The van der Waals surface area contributed by atoms with Crippen molar-refractivity contribution in [2.24, 2.45) is 0 Å². The number of amides is 1. The fraction of sp³-hybridized carbons (Fsp3) is 0.533. The first kappa shape index (κ1) is 13.9. The van der Waals surface area contributed by atoms with Crippen molar-refractivity contribution < 1.29 is 14.3 Å². The first-order valence-corrected chi connectivity index (χ1v) is 7.49. The Kier molecular flexibility index (Phi) is 3.10. The zero-order valence-electron chi connectivity index (χ0n) is 11.9. The van der Waals surface area contributed by atoms with Gasteiger partial charge in [-0.15, -0.1) is 0 Å². The lowest BCUT2D eigenvalue weighted by atomic mass is 9.86. The maximum absolute atomic E-state index is 12.0. The molecule has 20 heavy (non-hydrogen) atoms. The molecule has 0 aromatic heterocycles. The second-order valence-electron chi connectivity index (χ2n) is 6.42. The highest BCUT2D eigenvalue weighted by molar-refractivity contribution is 9.10. The number of hydrogen-bond acceptors (Lipinski definition) is 3. The van der Waals surface area contributed by atoms with Crippen LogP contribution in [0.25, 0.3) is 0 Å². The molecule has 0 atom stereocenters. The van der Waals surface area contributed by atoms with E-state index in [0.29, 0.717) is 19.7 Å². The van der Waals surface area contributed by atoms with E-state index >= 15 is 0 Å². The van der Waals surface area contributed by atoms with Crippen LogP contribution in [0.1, 0.15) is 31.9 Å². The Bertz CT molecular complexity index is 559. The molecule has 0 unspecified atom stereocenters. The van der Waals surface area contributed by atoms with Gasteiger partial charge in [0.1, 0.15) is 11.2 Å². The minimum absolute atomic E-state index is 0.266. The summed E-state index contributed by atoms with van der Waals surface area (Å²) in [6, 6.07) is 6.18. The molecule has 1 amide bonds. The van der Waals surface area contributed by atoms with Crippen molar-refractivity contribution in [3.8, 4) is 0 Å². The highest BCUT2D eigenvalue weighted by Gasteiger charge is 2.52. The molecule has 108 valence electrons. The molecule has 3 rings (SSSR count). The van der Waals surface area contributed by atoms with E-state index in [1.165, 1.54) is 11.1 Å². The van der Waals surface area contributed by atoms with E-state index in [1.54, 1.807) is 4.90 Å². The topological polar surface area (TPSA) is 38.8 Å². The summed E-state index contributed by atoms with van der Waals surface area (Å²) in [6.45, 7) is 7.36. The van der Waals surface area contributed by atoms with Crippen LogP contribution in [0.2, 0.25) is 0 Å². The molecule has 1 spiro atoms. The van der Waals surface area contributed by atoms with Crippen molar-refractivity contribution in [3.05, 3.63) is 33.8 Å². The van der Waals surface area contributed by atoms with Gasteiger partial charge in [0, 0.05) is 4.47 Å². The number of hydrogen-bond donors (Lipinski definition) is 0. The highest BCUT2D eigenvalue weighted by atomic mass is 79.9. The summed E-state index contributed by atoms with van der Waals surface area (Å²) in [5, 5.41) is 0. The Hall–Kier alpha value is -1.07. The maximum Gasteiger partial charge on any atom is 0.410 e. The number of halogens is 1. The minimum Gasteiger partial charge on any atom is -0.444 e. The lowest BCUT2D eigenvalue weighted by Gasteiger charge is -2.47. The van der Waals surface area contributed by atoms with Crippen LogP contribution >= 0.6 is 15.9 Å². The fourth-order valence-electron chi connectivity index (χ4n) is 2.71. The molecule has 2 aliphatic heterocycles. The average molecular weight is 340 g/mol. The van der Waals surface area contributed by atoms with Crippen LogP contribution in [0.15, 0.2) is 22.7 Å². The summed E-state index contributed by atoms with van der Waals surface area (Å²) in [7, 11) is 0. The van der Waals surface area contributed by atoms with Gasteiger partial charge >= 0.3 is 6.09 Å². The van der Waals surface area contributed by atoms with Gasteiger partial charge in [0.25, 0.3) is 0 Å². The Morgan fingerprint density at radius 2 is 2.10 bits per heavy atom. The molecule has 1 aromatic carbocycles. The van der Waals surface area contributed by atoms with Gasteiger partial charge < -0.3 is 14.4 Å². The Morgan fingerprint density at radius 1 is 1.40 bits per heavy atom. The lowest BCUT2D eigenvalue weighted by molar-refractivity contribution is -0.137. The van der Waals surface area contributed by atoms with Crippen molar-refractivity contribution in [1.82, 2.24) is 4.90 Å². The third kappa shape index (κ3) is 2.33. The summed E-state index contributed by atoms with van der Waals surface area (Å²) >= 11 is 3.47. The zero-order valence-corrected chi connectivity index (χ0v) is 13.5. The van der Waals surface area contributed by atoms with Gasteiger partial charge in [-0.2, -0.15) is 0 Å². The van der Waals surface area contributed by atoms with E-state index in [2.05, 4.69) is 28.1 Å². The van der Waals surface area contributed by atoms with Crippen molar-refractivity contribution in [1.29, 1.82) is 0 Å². The molecule has 2 heterocycles. The van der Waals surface area contributed by atoms with E-state index < -0.39 is 5.60 Å². The van der Waals surface area contributed by atoms with Crippen LogP contribution in [-0.2, 0) is 21.7 Å². The normalized spacial score (nSPS) is 19.7. The fourth-order valence-corrected chi connectivity index (χ4v) is 3.12. The SMILES string of the molecule is CC(C)(C)OC(=O)N1CC2(C1)OCc1cc(Br)ccc12. The molecule has 0 N–H and O–H groups in total. The van der Waals surface area contributed by atoms with Gasteiger partial charge in [-0.1, -0.05) is 22.0 Å². The third-order valence-electron chi connectivity index (χ3n) is 3.61. The molecule has 0 saturated carbocycles. The minimum atomic E-state index is -0.459. The van der Waals surface area contributed by atoms with Crippen LogP contribution in [0.3, 0.4) is 0 Å². The number of likely N-dealkylation sites (tertiary alicyclic amines) is 1. The molecule has 1 saturated heterocycles. The van der Waals surface area contributed by atoms with Crippen LogP contribution < -0.4 is 0 Å².